The molecule has 2 aromatic heterocycles. The van der Waals surface area contributed by atoms with Crippen molar-refractivity contribution in [3.63, 3.8) is 0 Å². The van der Waals surface area contributed by atoms with Gasteiger partial charge in [0.25, 0.3) is 5.95 Å². The van der Waals surface area contributed by atoms with Crippen LogP contribution in [-0.4, -0.2) is 25.7 Å². The molecule has 0 spiro atoms. The summed E-state index contributed by atoms with van der Waals surface area (Å²) >= 11 is 0. The predicted octanol–water partition coefficient (Wildman–Crippen LogP) is 4.67. The van der Waals surface area contributed by atoms with E-state index < -0.39 is 0 Å². The van der Waals surface area contributed by atoms with E-state index in [-0.39, 0.29) is 12.3 Å². The summed E-state index contributed by atoms with van der Waals surface area (Å²) in [5.41, 5.74) is 6.33. The SMILES string of the molecule is Cc1cc(C)nc(-n2nc(C)c(CC(=O)N(Cc3ccccc3)c3ccccc3)c2C)n1. The third-order valence-electron chi connectivity index (χ3n) is 5.48. The quantitative estimate of drug-likeness (QED) is 0.450. The van der Waals surface area contributed by atoms with Crippen LogP contribution >= 0.6 is 0 Å². The van der Waals surface area contributed by atoms with Crippen LogP contribution in [0.25, 0.3) is 5.95 Å². The van der Waals surface area contributed by atoms with Gasteiger partial charge < -0.3 is 4.90 Å². The second-order valence-electron chi connectivity index (χ2n) is 7.99. The Balaban J connectivity index is 1.66. The van der Waals surface area contributed by atoms with E-state index in [9.17, 15) is 4.79 Å². The highest BCUT2D eigenvalue weighted by molar-refractivity contribution is 5.95. The molecule has 0 N–H and O–H groups in total. The number of hydrogen-bond acceptors (Lipinski definition) is 4. The van der Waals surface area contributed by atoms with Crippen LogP contribution in [0.15, 0.2) is 66.7 Å². The highest BCUT2D eigenvalue weighted by Gasteiger charge is 2.22. The summed E-state index contributed by atoms with van der Waals surface area (Å²) in [7, 11) is 0. The van der Waals surface area contributed by atoms with Gasteiger partial charge in [0.1, 0.15) is 0 Å². The Morgan fingerprint density at radius 2 is 1.47 bits per heavy atom. The molecule has 162 valence electrons. The van der Waals surface area contributed by atoms with E-state index in [4.69, 9.17) is 0 Å². The van der Waals surface area contributed by atoms with Crippen LogP contribution in [0.4, 0.5) is 5.69 Å². The van der Waals surface area contributed by atoms with E-state index in [1.165, 1.54) is 0 Å². The number of hydrogen-bond donors (Lipinski definition) is 0. The fourth-order valence-electron chi connectivity index (χ4n) is 3.87. The summed E-state index contributed by atoms with van der Waals surface area (Å²) in [6.07, 6.45) is 0.254. The van der Waals surface area contributed by atoms with Crippen LogP contribution in [0.5, 0.6) is 0 Å². The fourth-order valence-corrected chi connectivity index (χ4v) is 3.87. The number of para-hydroxylation sites is 1. The lowest BCUT2D eigenvalue weighted by molar-refractivity contribution is -0.118. The van der Waals surface area contributed by atoms with Crippen LogP contribution < -0.4 is 4.90 Å². The maximum absolute atomic E-state index is 13.5. The molecule has 0 saturated heterocycles. The van der Waals surface area contributed by atoms with Gasteiger partial charge in [0.15, 0.2) is 0 Å². The third-order valence-corrected chi connectivity index (χ3v) is 5.48. The molecule has 0 atom stereocenters. The summed E-state index contributed by atoms with van der Waals surface area (Å²) in [5, 5.41) is 4.65. The van der Waals surface area contributed by atoms with E-state index in [2.05, 4.69) is 15.1 Å². The minimum atomic E-state index is 0.0205. The van der Waals surface area contributed by atoms with E-state index in [0.717, 1.165) is 39.6 Å². The summed E-state index contributed by atoms with van der Waals surface area (Å²) in [4.78, 5) is 24.4. The van der Waals surface area contributed by atoms with Crippen LogP contribution in [-0.2, 0) is 17.8 Å². The van der Waals surface area contributed by atoms with E-state index in [1.54, 1.807) is 4.68 Å². The minimum absolute atomic E-state index is 0.0205. The Morgan fingerprint density at radius 3 is 2.09 bits per heavy atom. The molecule has 2 heterocycles. The Hall–Kier alpha value is -3.80. The summed E-state index contributed by atoms with van der Waals surface area (Å²) in [6, 6.07) is 21.8. The molecule has 4 aromatic rings. The number of anilines is 1. The van der Waals surface area contributed by atoms with Gasteiger partial charge in [0.2, 0.25) is 5.91 Å². The van der Waals surface area contributed by atoms with Gasteiger partial charge in [0.05, 0.1) is 18.7 Å². The van der Waals surface area contributed by atoms with Crippen molar-refractivity contribution in [2.75, 3.05) is 4.90 Å². The number of nitrogens with zero attached hydrogens (tertiary/aromatic N) is 5. The highest BCUT2D eigenvalue weighted by atomic mass is 16.2. The number of amides is 1. The second kappa shape index (κ2) is 9.14. The minimum Gasteiger partial charge on any atom is -0.308 e. The monoisotopic (exact) mass is 425 g/mol. The number of benzene rings is 2. The largest absolute Gasteiger partial charge is 0.308 e. The van der Waals surface area contributed by atoms with Gasteiger partial charge in [-0.05, 0) is 51.5 Å². The molecule has 6 heteroatoms. The van der Waals surface area contributed by atoms with Crippen LogP contribution in [0.2, 0.25) is 0 Å². The van der Waals surface area contributed by atoms with Gasteiger partial charge >= 0.3 is 0 Å². The van der Waals surface area contributed by atoms with Gasteiger partial charge in [-0.1, -0.05) is 48.5 Å². The average molecular weight is 426 g/mol. The number of aromatic nitrogens is 4. The zero-order valence-electron chi connectivity index (χ0n) is 18.9. The van der Waals surface area contributed by atoms with Gasteiger partial charge in [-0.25, -0.2) is 14.6 Å². The van der Waals surface area contributed by atoms with E-state index in [1.807, 2.05) is 99.3 Å². The molecule has 2 aromatic carbocycles. The number of carbonyl (C=O) groups is 1. The fraction of sp³-hybridized carbons (Fsp3) is 0.231. The molecule has 0 aliphatic carbocycles. The molecule has 4 rings (SSSR count). The molecule has 0 aliphatic heterocycles. The standard InChI is InChI=1S/C26H27N5O/c1-18-15-19(2)28-26(27-18)31-21(4)24(20(3)29-31)16-25(32)30(23-13-9-6-10-14-23)17-22-11-7-5-8-12-22/h5-15H,16-17H2,1-4H3. The first-order chi connectivity index (χ1) is 15.4. The van der Waals surface area contributed by atoms with Crippen molar-refractivity contribution in [1.29, 1.82) is 0 Å². The Bertz CT molecular complexity index is 1210. The van der Waals surface area contributed by atoms with Crippen molar-refractivity contribution >= 4 is 11.6 Å². The predicted molar refractivity (Wildman–Crippen MR) is 126 cm³/mol. The van der Waals surface area contributed by atoms with E-state index in [0.29, 0.717) is 12.5 Å². The number of aryl methyl sites for hydroxylation is 3. The lowest BCUT2D eigenvalue weighted by Crippen LogP contribution is -2.32. The lowest BCUT2D eigenvalue weighted by Gasteiger charge is -2.23. The first-order valence-corrected chi connectivity index (χ1v) is 10.7. The molecule has 32 heavy (non-hydrogen) atoms. The topological polar surface area (TPSA) is 63.9 Å². The average Bonchev–Trinajstić information content (AvgIpc) is 3.06. The molecule has 0 fully saturated rings. The second-order valence-corrected chi connectivity index (χ2v) is 7.99. The molecule has 0 bridgehead atoms. The third kappa shape index (κ3) is 4.59. The van der Waals surface area contributed by atoms with Gasteiger partial charge in [0, 0.05) is 28.3 Å². The van der Waals surface area contributed by atoms with E-state index >= 15 is 0 Å². The molecular formula is C26H27N5O. The smallest absolute Gasteiger partial charge is 0.251 e. The first kappa shape index (κ1) is 21.4. The van der Waals surface area contributed by atoms with Crippen molar-refractivity contribution in [2.45, 2.75) is 40.7 Å². The number of rotatable bonds is 6. The van der Waals surface area contributed by atoms with Crippen molar-refractivity contribution < 1.29 is 4.79 Å². The Kier molecular flexibility index (Phi) is 6.12. The van der Waals surface area contributed by atoms with Crippen molar-refractivity contribution in [1.82, 2.24) is 19.7 Å². The lowest BCUT2D eigenvalue weighted by atomic mass is 10.1. The van der Waals surface area contributed by atoms with Crippen molar-refractivity contribution in [3.05, 3.63) is 101 Å². The molecule has 6 nitrogen and oxygen atoms in total. The molecule has 1 amide bonds. The molecule has 0 aliphatic rings. The van der Waals surface area contributed by atoms with Crippen LogP contribution in [0, 0.1) is 27.7 Å². The van der Waals surface area contributed by atoms with Gasteiger partial charge in [-0.3, -0.25) is 4.79 Å². The van der Waals surface area contributed by atoms with Crippen molar-refractivity contribution in [2.24, 2.45) is 0 Å². The number of carbonyl (C=O) groups excluding carboxylic acids is 1. The summed E-state index contributed by atoms with van der Waals surface area (Å²) in [6.45, 7) is 8.29. The maximum atomic E-state index is 13.5. The highest BCUT2D eigenvalue weighted by Crippen LogP contribution is 2.22. The normalized spacial score (nSPS) is 10.9. The zero-order valence-corrected chi connectivity index (χ0v) is 18.9. The molecule has 0 unspecified atom stereocenters. The Morgan fingerprint density at radius 1 is 0.875 bits per heavy atom. The summed E-state index contributed by atoms with van der Waals surface area (Å²) in [5.74, 6) is 0.554. The van der Waals surface area contributed by atoms with Gasteiger partial charge in [-0.2, -0.15) is 5.10 Å². The van der Waals surface area contributed by atoms with Crippen LogP contribution in [0.1, 0.15) is 33.9 Å². The van der Waals surface area contributed by atoms with Crippen LogP contribution in [0.3, 0.4) is 0 Å². The zero-order chi connectivity index (χ0) is 22.7. The molecular weight excluding hydrogens is 398 g/mol. The first-order valence-electron chi connectivity index (χ1n) is 10.7. The van der Waals surface area contributed by atoms with Gasteiger partial charge in [-0.15, -0.1) is 0 Å². The Labute approximate surface area is 188 Å². The summed E-state index contributed by atoms with van der Waals surface area (Å²) < 4.78 is 1.74. The molecule has 0 saturated carbocycles. The molecule has 0 radical (unpaired) electrons. The maximum Gasteiger partial charge on any atom is 0.251 e. The van der Waals surface area contributed by atoms with Crippen molar-refractivity contribution in [3.8, 4) is 5.95 Å².